The maximum absolute atomic E-state index is 12.5. The molecular formula is C20H18N2O5S. The molecule has 1 aliphatic rings. The summed E-state index contributed by atoms with van der Waals surface area (Å²) in [4.78, 5) is 13.3. The number of rotatable bonds is 4. The van der Waals surface area contributed by atoms with E-state index < -0.39 is 17.4 Å². The fourth-order valence-corrected chi connectivity index (χ4v) is 4.40. The lowest BCUT2D eigenvalue weighted by molar-refractivity contribution is -0.116. The van der Waals surface area contributed by atoms with Gasteiger partial charge in [-0.25, -0.2) is 0 Å². The average Bonchev–Trinajstić information content (AvgIpc) is 3.13. The third kappa shape index (κ3) is 2.82. The monoisotopic (exact) mass is 398 g/mol. The molecule has 2 aromatic carbocycles. The third-order valence-corrected chi connectivity index (χ3v) is 5.72. The highest BCUT2D eigenvalue weighted by molar-refractivity contribution is 7.07. The van der Waals surface area contributed by atoms with Crippen molar-refractivity contribution in [2.75, 3.05) is 19.5 Å². The SMILES string of the molecule is COc1cc([C@@H]2CC(=O)Nc3c(-c4ccccc4)nsc32)c(OC)c(O)c1O. The Kier molecular flexibility index (Phi) is 4.56. The molecule has 1 amide bonds. The molecule has 1 aliphatic heterocycles. The molecule has 4 rings (SSSR count). The number of aromatic hydroxyl groups is 2. The van der Waals surface area contributed by atoms with Gasteiger partial charge >= 0.3 is 0 Å². The molecule has 2 heterocycles. The second-order valence-electron chi connectivity index (χ2n) is 6.34. The maximum atomic E-state index is 12.5. The zero-order chi connectivity index (χ0) is 19.8. The van der Waals surface area contributed by atoms with Crippen molar-refractivity contribution in [1.29, 1.82) is 0 Å². The topological polar surface area (TPSA) is 101 Å². The summed E-state index contributed by atoms with van der Waals surface area (Å²) in [6.07, 6.45) is 0.160. The van der Waals surface area contributed by atoms with Crippen molar-refractivity contribution in [3.8, 4) is 34.3 Å². The van der Waals surface area contributed by atoms with Gasteiger partial charge < -0.3 is 25.0 Å². The Labute approximate surface area is 165 Å². The first kappa shape index (κ1) is 18.1. The van der Waals surface area contributed by atoms with Gasteiger partial charge in [-0.1, -0.05) is 30.3 Å². The minimum absolute atomic E-state index is 0.105. The highest BCUT2D eigenvalue weighted by atomic mass is 32.1. The summed E-state index contributed by atoms with van der Waals surface area (Å²) in [5.41, 5.74) is 2.81. The van der Waals surface area contributed by atoms with Crippen LogP contribution in [0.1, 0.15) is 22.8 Å². The summed E-state index contributed by atoms with van der Waals surface area (Å²) in [5.74, 6) is -1.17. The first-order valence-corrected chi connectivity index (χ1v) is 9.34. The van der Waals surface area contributed by atoms with Crippen molar-refractivity contribution >= 4 is 23.1 Å². The molecule has 144 valence electrons. The number of nitrogens with zero attached hydrogens (tertiary/aromatic N) is 1. The molecule has 0 fully saturated rings. The molecule has 3 N–H and O–H groups in total. The quantitative estimate of drug-likeness (QED) is 0.579. The first-order valence-electron chi connectivity index (χ1n) is 8.56. The van der Waals surface area contributed by atoms with Crippen LogP contribution in [-0.4, -0.2) is 34.7 Å². The number of benzene rings is 2. The highest BCUT2D eigenvalue weighted by Gasteiger charge is 2.35. The number of phenolic OH excluding ortho intramolecular Hbond substituents is 2. The van der Waals surface area contributed by atoms with Crippen LogP contribution in [0.3, 0.4) is 0 Å². The van der Waals surface area contributed by atoms with E-state index in [9.17, 15) is 15.0 Å². The van der Waals surface area contributed by atoms with Gasteiger partial charge in [0, 0.05) is 23.5 Å². The predicted octanol–water partition coefficient (Wildman–Crippen LogP) is 3.71. The van der Waals surface area contributed by atoms with E-state index in [1.807, 2.05) is 30.3 Å². The third-order valence-electron chi connectivity index (χ3n) is 4.76. The summed E-state index contributed by atoms with van der Waals surface area (Å²) in [5, 5.41) is 23.4. The number of methoxy groups -OCH3 is 2. The summed E-state index contributed by atoms with van der Waals surface area (Å²) >= 11 is 1.29. The van der Waals surface area contributed by atoms with Crippen LogP contribution >= 0.6 is 11.5 Å². The number of carbonyl (C=O) groups excluding carboxylic acids is 1. The van der Waals surface area contributed by atoms with Crippen molar-refractivity contribution in [2.45, 2.75) is 12.3 Å². The van der Waals surface area contributed by atoms with Gasteiger partial charge in [0.1, 0.15) is 5.69 Å². The van der Waals surface area contributed by atoms with Crippen molar-refractivity contribution in [3.05, 3.63) is 46.8 Å². The minimum Gasteiger partial charge on any atom is -0.502 e. The molecule has 8 heteroatoms. The van der Waals surface area contributed by atoms with E-state index in [1.54, 1.807) is 6.07 Å². The van der Waals surface area contributed by atoms with Crippen LogP contribution in [0.15, 0.2) is 36.4 Å². The maximum Gasteiger partial charge on any atom is 0.225 e. The zero-order valence-corrected chi connectivity index (χ0v) is 16.0. The summed E-state index contributed by atoms with van der Waals surface area (Å²) in [7, 11) is 2.79. The van der Waals surface area contributed by atoms with Crippen molar-refractivity contribution in [1.82, 2.24) is 4.37 Å². The minimum atomic E-state index is -0.419. The van der Waals surface area contributed by atoms with Gasteiger partial charge in [-0.15, -0.1) is 0 Å². The standard InChI is InChI=1S/C20H18N2O5S/c1-26-13-8-11(19(27-2)18(25)17(13)24)12-9-14(23)21-16-15(22-28-20(12)16)10-6-4-3-5-7-10/h3-8,12,24-25H,9H2,1-2H3,(H,21,23)/t12-/m0/s1. The zero-order valence-electron chi connectivity index (χ0n) is 15.2. The van der Waals surface area contributed by atoms with Gasteiger partial charge in [0.05, 0.1) is 24.8 Å². The highest BCUT2D eigenvalue weighted by Crippen LogP contribution is 2.52. The van der Waals surface area contributed by atoms with E-state index in [-0.39, 0.29) is 23.8 Å². The Morgan fingerprint density at radius 2 is 1.89 bits per heavy atom. The lowest BCUT2D eigenvalue weighted by Gasteiger charge is -2.25. The van der Waals surface area contributed by atoms with E-state index >= 15 is 0 Å². The van der Waals surface area contributed by atoms with Crippen molar-refractivity contribution < 1.29 is 24.5 Å². The Balaban J connectivity index is 1.90. The molecular weight excluding hydrogens is 380 g/mol. The molecule has 0 bridgehead atoms. The van der Waals surface area contributed by atoms with E-state index in [1.165, 1.54) is 25.8 Å². The van der Waals surface area contributed by atoms with Crippen LogP contribution in [0.2, 0.25) is 0 Å². The van der Waals surface area contributed by atoms with Gasteiger partial charge in [0.15, 0.2) is 11.5 Å². The number of ether oxygens (including phenoxy) is 2. The van der Waals surface area contributed by atoms with Gasteiger partial charge in [0.25, 0.3) is 0 Å². The molecule has 0 aliphatic carbocycles. The van der Waals surface area contributed by atoms with Gasteiger partial charge in [-0.2, -0.15) is 4.37 Å². The lowest BCUT2D eigenvalue weighted by Crippen LogP contribution is -2.22. The van der Waals surface area contributed by atoms with E-state index in [2.05, 4.69) is 9.69 Å². The van der Waals surface area contributed by atoms with Gasteiger partial charge in [0.2, 0.25) is 17.4 Å². The fraction of sp³-hybridized carbons (Fsp3) is 0.200. The largest absolute Gasteiger partial charge is 0.502 e. The Bertz CT molecular complexity index is 1050. The Morgan fingerprint density at radius 3 is 2.57 bits per heavy atom. The first-order chi connectivity index (χ1) is 13.5. The second kappa shape index (κ2) is 7.05. The van der Waals surface area contributed by atoms with E-state index in [0.29, 0.717) is 16.9 Å². The number of anilines is 1. The number of nitrogens with one attached hydrogen (secondary N) is 1. The van der Waals surface area contributed by atoms with Crippen LogP contribution in [0.5, 0.6) is 23.0 Å². The summed E-state index contributed by atoms with van der Waals surface area (Å²) in [6.45, 7) is 0. The van der Waals surface area contributed by atoms with Crippen LogP contribution in [0, 0.1) is 0 Å². The number of hydrogen-bond donors (Lipinski definition) is 3. The molecule has 0 saturated carbocycles. The molecule has 1 aromatic heterocycles. The molecule has 7 nitrogen and oxygen atoms in total. The normalized spacial score (nSPS) is 15.6. The molecule has 3 aromatic rings. The number of carbonyl (C=O) groups is 1. The van der Waals surface area contributed by atoms with Crippen LogP contribution in [0.4, 0.5) is 5.69 Å². The molecule has 0 unspecified atom stereocenters. The molecule has 0 spiro atoms. The summed E-state index contributed by atoms with van der Waals surface area (Å²) < 4.78 is 15.1. The smallest absolute Gasteiger partial charge is 0.225 e. The van der Waals surface area contributed by atoms with Crippen molar-refractivity contribution in [2.24, 2.45) is 0 Å². The molecule has 1 atom stereocenters. The van der Waals surface area contributed by atoms with Gasteiger partial charge in [-0.05, 0) is 17.6 Å². The number of fused-ring (bicyclic) bond motifs is 1. The lowest BCUT2D eigenvalue weighted by atomic mass is 9.88. The van der Waals surface area contributed by atoms with Crippen molar-refractivity contribution in [3.63, 3.8) is 0 Å². The number of amides is 1. The van der Waals surface area contributed by atoms with Crippen LogP contribution < -0.4 is 14.8 Å². The fourth-order valence-electron chi connectivity index (χ4n) is 3.44. The summed E-state index contributed by atoms with van der Waals surface area (Å²) in [6, 6.07) is 11.2. The van der Waals surface area contributed by atoms with Crippen LogP contribution in [0.25, 0.3) is 11.3 Å². The second-order valence-corrected chi connectivity index (χ2v) is 7.14. The molecule has 28 heavy (non-hydrogen) atoms. The average molecular weight is 398 g/mol. The predicted molar refractivity (Wildman–Crippen MR) is 106 cm³/mol. The van der Waals surface area contributed by atoms with E-state index in [0.717, 1.165) is 10.4 Å². The molecule has 0 radical (unpaired) electrons. The number of hydrogen-bond acceptors (Lipinski definition) is 7. The number of aromatic nitrogens is 1. The molecule has 0 saturated heterocycles. The van der Waals surface area contributed by atoms with Gasteiger partial charge in [-0.3, -0.25) is 4.79 Å². The van der Waals surface area contributed by atoms with E-state index in [4.69, 9.17) is 9.47 Å². The number of phenols is 2. The Hall–Kier alpha value is -3.26. The Morgan fingerprint density at radius 1 is 1.14 bits per heavy atom. The van der Waals surface area contributed by atoms with Crippen LogP contribution in [-0.2, 0) is 4.79 Å².